The third-order valence-electron chi connectivity index (χ3n) is 4.02. The lowest BCUT2D eigenvalue weighted by atomic mass is 9.82. The SMILES string of the molecule is Cc1cccc(CNC(=O)C2CCC(CO)CC2)c1. The number of hydrogen-bond donors (Lipinski definition) is 2. The molecule has 1 aromatic rings. The molecule has 0 saturated heterocycles. The average molecular weight is 261 g/mol. The van der Waals surface area contributed by atoms with Crippen LogP contribution in [0.5, 0.6) is 0 Å². The second-order valence-corrected chi connectivity index (χ2v) is 5.61. The number of aliphatic hydroxyl groups is 1. The summed E-state index contributed by atoms with van der Waals surface area (Å²) in [6.07, 6.45) is 3.76. The van der Waals surface area contributed by atoms with Gasteiger partial charge in [0.25, 0.3) is 0 Å². The number of benzene rings is 1. The molecule has 0 spiro atoms. The van der Waals surface area contributed by atoms with Crippen LogP contribution < -0.4 is 5.32 Å². The van der Waals surface area contributed by atoms with Crippen LogP contribution in [-0.2, 0) is 11.3 Å². The lowest BCUT2D eigenvalue weighted by Gasteiger charge is -2.26. The van der Waals surface area contributed by atoms with Gasteiger partial charge in [0.15, 0.2) is 0 Å². The van der Waals surface area contributed by atoms with E-state index in [0.717, 1.165) is 31.2 Å². The molecule has 19 heavy (non-hydrogen) atoms. The van der Waals surface area contributed by atoms with Crippen LogP contribution >= 0.6 is 0 Å². The van der Waals surface area contributed by atoms with Crippen LogP contribution in [-0.4, -0.2) is 17.6 Å². The number of hydrogen-bond acceptors (Lipinski definition) is 2. The highest BCUT2D eigenvalue weighted by Crippen LogP contribution is 2.28. The molecule has 0 radical (unpaired) electrons. The summed E-state index contributed by atoms with van der Waals surface area (Å²) in [4.78, 5) is 12.1. The number of carbonyl (C=O) groups excluding carboxylic acids is 1. The topological polar surface area (TPSA) is 49.3 Å². The number of carbonyl (C=O) groups is 1. The highest BCUT2D eigenvalue weighted by Gasteiger charge is 2.25. The summed E-state index contributed by atoms with van der Waals surface area (Å²) in [6, 6.07) is 8.21. The van der Waals surface area contributed by atoms with Crippen molar-refractivity contribution in [2.45, 2.75) is 39.2 Å². The Kier molecular flexibility index (Phi) is 4.97. The minimum absolute atomic E-state index is 0.132. The molecule has 1 aromatic carbocycles. The van der Waals surface area contributed by atoms with E-state index < -0.39 is 0 Å². The van der Waals surface area contributed by atoms with Crippen LogP contribution in [0.4, 0.5) is 0 Å². The van der Waals surface area contributed by atoms with E-state index in [-0.39, 0.29) is 18.4 Å². The number of aryl methyl sites for hydroxylation is 1. The van der Waals surface area contributed by atoms with Gasteiger partial charge < -0.3 is 10.4 Å². The number of nitrogens with one attached hydrogen (secondary N) is 1. The van der Waals surface area contributed by atoms with E-state index in [1.54, 1.807) is 0 Å². The van der Waals surface area contributed by atoms with E-state index in [0.29, 0.717) is 12.5 Å². The van der Waals surface area contributed by atoms with E-state index in [2.05, 4.69) is 24.4 Å². The molecule has 104 valence electrons. The monoisotopic (exact) mass is 261 g/mol. The zero-order valence-corrected chi connectivity index (χ0v) is 11.6. The summed E-state index contributed by atoms with van der Waals surface area (Å²) < 4.78 is 0. The first kappa shape index (κ1) is 14.1. The van der Waals surface area contributed by atoms with E-state index in [1.807, 2.05) is 12.1 Å². The van der Waals surface area contributed by atoms with Crippen LogP contribution in [0.15, 0.2) is 24.3 Å². The molecule has 2 rings (SSSR count). The van der Waals surface area contributed by atoms with Crippen LogP contribution in [0.25, 0.3) is 0 Å². The van der Waals surface area contributed by atoms with Gasteiger partial charge in [-0.2, -0.15) is 0 Å². The lowest BCUT2D eigenvalue weighted by molar-refractivity contribution is -0.126. The Hall–Kier alpha value is -1.35. The first-order valence-electron chi connectivity index (χ1n) is 7.13. The minimum Gasteiger partial charge on any atom is -0.396 e. The summed E-state index contributed by atoms with van der Waals surface area (Å²) in [6.45, 7) is 2.93. The molecule has 1 fully saturated rings. The van der Waals surface area contributed by atoms with Crippen molar-refractivity contribution in [2.24, 2.45) is 11.8 Å². The molecule has 0 aliphatic heterocycles. The van der Waals surface area contributed by atoms with Crippen LogP contribution in [0.1, 0.15) is 36.8 Å². The summed E-state index contributed by atoms with van der Waals surface area (Å²) in [5.41, 5.74) is 2.37. The van der Waals surface area contributed by atoms with Crippen LogP contribution in [0.3, 0.4) is 0 Å². The quantitative estimate of drug-likeness (QED) is 0.874. The molecule has 0 bridgehead atoms. The van der Waals surface area contributed by atoms with Gasteiger partial charge in [-0.15, -0.1) is 0 Å². The average Bonchev–Trinajstić information content (AvgIpc) is 2.45. The molecule has 0 aromatic heterocycles. The van der Waals surface area contributed by atoms with Gasteiger partial charge >= 0.3 is 0 Å². The molecule has 2 N–H and O–H groups in total. The Bertz CT molecular complexity index is 423. The Labute approximate surface area is 115 Å². The van der Waals surface area contributed by atoms with Gasteiger partial charge in [-0.25, -0.2) is 0 Å². The summed E-state index contributed by atoms with van der Waals surface area (Å²) in [5.74, 6) is 0.700. The second kappa shape index (κ2) is 6.71. The molecular weight excluding hydrogens is 238 g/mol. The van der Waals surface area contributed by atoms with Gasteiger partial charge in [-0.3, -0.25) is 4.79 Å². The van der Waals surface area contributed by atoms with Crippen molar-refractivity contribution in [1.82, 2.24) is 5.32 Å². The number of amides is 1. The van der Waals surface area contributed by atoms with Crippen molar-refractivity contribution in [3.05, 3.63) is 35.4 Å². The fourth-order valence-corrected chi connectivity index (χ4v) is 2.76. The number of aliphatic hydroxyl groups excluding tert-OH is 1. The Balaban J connectivity index is 1.79. The van der Waals surface area contributed by atoms with Crippen LogP contribution in [0, 0.1) is 18.8 Å². The maximum atomic E-state index is 12.1. The van der Waals surface area contributed by atoms with E-state index in [1.165, 1.54) is 5.56 Å². The fourth-order valence-electron chi connectivity index (χ4n) is 2.76. The van der Waals surface area contributed by atoms with Crippen LogP contribution in [0.2, 0.25) is 0 Å². The van der Waals surface area contributed by atoms with Gasteiger partial charge in [0.2, 0.25) is 5.91 Å². The van der Waals surface area contributed by atoms with Gasteiger partial charge in [-0.05, 0) is 44.1 Å². The highest BCUT2D eigenvalue weighted by molar-refractivity contribution is 5.78. The molecular formula is C16H23NO2. The predicted octanol–water partition coefficient (Wildman–Crippen LogP) is 2.41. The maximum Gasteiger partial charge on any atom is 0.223 e. The maximum absolute atomic E-state index is 12.1. The third kappa shape index (κ3) is 4.06. The van der Waals surface area contributed by atoms with Gasteiger partial charge in [0.05, 0.1) is 0 Å². The zero-order chi connectivity index (χ0) is 13.7. The third-order valence-corrected chi connectivity index (χ3v) is 4.02. The van der Waals surface area contributed by atoms with Gasteiger partial charge in [-0.1, -0.05) is 29.8 Å². The summed E-state index contributed by atoms with van der Waals surface area (Å²) in [5, 5.41) is 12.1. The van der Waals surface area contributed by atoms with E-state index in [4.69, 9.17) is 5.11 Å². The van der Waals surface area contributed by atoms with Crippen molar-refractivity contribution >= 4 is 5.91 Å². The zero-order valence-electron chi connectivity index (χ0n) is 11.6. The van der Waals surface area contributed by atoms with E-state index >= 15 is 0 Å². The molecule has 0 atom stereocenters. The highest BCUT2D eigenvalue weighted by atomic mass is 16.3. The first-order valence-corrected chi connectivity index (χ1v) is 7.13. The van der Waals surface area contributed by atoms with Crippen molar-refractivity contribution in [1.29, 1.82) is 0 Å². The first-order chi connectivity index (χ1) is 9.19. The van der Waals surface area contributed by atoms with Crippen molar-refractivity contribution in [3.8, 4) is 0 Å². The summed E-state index contributed by atoms with van der Waals surface area (Å²) in [7, 11) is 0. The largest absolute Gasteiger partial charge is 0.396 e. The predicted molar refractivity (Wildman–Crippen MR) is 75.6 cm³/mol. The van der Waals surface area contributed by atoms with Gasteiger partial charge in [0.1, 0.15) is 0 Å². The van der Waals surface area contributed by atoms with Gasteiger partial charge in [0, 0.05) is 19.1 Å². The Morgan fingerprint density at radius 3 is 2.68 bits per heavy atom. The van der Waals surface area contributed by atoms with Crippen molar-refractivity contribution < 1.29 is 9.90 Å². The summed E-state index contributed by atoms with van der Waals surface area (Å²) >= 11 is 0. The lowest BCUT2D eigenvalue weighted by Crippen LogP contribution is -2.33. The normalized spacial score (nSPS) is 23.1. The minimum atomic E-state index is 0.132. The smallest absolute Gasteiger partial charge is 0.223 e. The van der Waals surface area contributed by atoms with Crippen molar-refractivity contribution in [2.75, 3.05) is 6.61 Å². The molecule has 0 unspecified atom stereocenters. The molecule has 1 aliphatic rings. The standard InChI is InChI=1S/C16H23NO2/c1-12-3-2-4-14(9-12)10-17-16(19)15-7-5-13(11-18)6-8-15/h2-4,9,13,15,18H,5-8,10-11H2,1H3,(H,17,19). The molecule has 1 amide bonds. The van der Waals surface area contributed by atoms with Crippen molar-refractivity contribution in [3.63, 3.8) is 0 Å². The Morgan fingerprint density at radius 1 is 1.32 bits per heavy atom. The molecule has 0 heterocycles. The number of rotatable bonds is 4. The Morgan fingerprint density at radius 2 is 2.05 bits per heavy atom. The second-order valence-electron chi connectivity index (χ2n) is 5.61. The molecule has 3 heteroatoms. The molecule has 3 nitrogen and oxygen atoms in total. The van der Waals surface area contributed by atoms with E-state index in [9.17, 15) is 4.79 Å². The molecule has 1 saturated carbocycles. The molecule has 1 aliphatic carbocycles. The fraction of sp³-hybridized carbons (Fsp3) is 0.562.